The van der Waals surface area contributed by atoms with Crippen LogP contribution in [-0.2, 0) is 4.79 Å². The fourth-order valence-electron chi connectivity index (χ4n) is 3.85. The molecule has 0 aliphatic heterocycles. The van der Waals surface area contributed by atoms with E-state index in [1.165, 1.54) is 11.3 Å². The number of fused-ring (bicyclic) bond motifs is 1. The number of benzene rings is 2. The van der Waals surface area contributed by atoms with Crippen LogP contribution in [0.5, 0.6) is 5.75 Å². The van der Waals surface area contributed by atoms with Crippen molar-refractivity contribution in [2.75, 3.05) is 0 Å². The highest BCUT2D eigenvalue weighted by molar-refractivity contribution is 7.21. The predicted molar refractivity (Wildman–Crippen MR) is 112 cm³/mol. The van der Waals surface area contributed by atoms with Gasteiger partial charge in [0.15, 0.2) is 5.78 Å². The quantitative estimate of drug-likeness (QED) is 0.429. The molecule has 28 heavy (non-hydrogen) atoms. The van der Waals surface area contributed by atoms with Crippen molar-refractivity contribution in [3.05, 3.63) is 59.0 Å². The zero-order chi connectivity index (χ0) is 19.7. The number of carbonyl (C=O) groups excluding carboxylic acids is 1. The van der Waals surface area contributed by atoms with Crippen molar-refractivity contribution in [3.8, 4) is 16.9 Å². The molecular weight excluding hydrogens is 372 g/mol. The standard InChI is InChI=1S/C23H20O4S/c24-17-10-11-18-19(13-17)28-23(22(27)16-3-1-2-4-16)21(18)15-8-5-14(6-9-15)7-12-20(25)26/h5-13,16,24H,1-4H2,(H,25,26)/b12-7+. The van der Waals surface area contributed by atoms with Gasteiger partial charge in [0.1, 0.15) is 5.75 Å². The first-order valence-electron chi connectivity index (χ1n) is 9.34. The number of thiophene rings is 1. The summed E-state index contributed by atoms with van der Waals surface area (Å²) in [6.07, 6.45) is 6.73. The smallest absolute Gasteiger partial charge is 0.328 e. The van der Waals surface area contributed by atoms with Crippen LogP contribution in [0, 0.1) is 5.92 Å². The number of Topliss-reactive ketones (excluding diaryl/α,β-unsaturated/α-hetero) is 1. The number of carboxylic acid groups (broad SMARTS) is 1. The second-order valence-corrected chi connectivity index (χ2v) is 8.18. The Morgan fingerprint density at radius 3 is 2.43 bits per heavy atom. The third-order valence-electron chi connectivity index (χ3n) is 5.24. The van der Waals surface area contributed by atoms with E-state index >= 15 is 0 Å². The number of phenolic OH excluding ortho intramolecular Hbond substituents is 1. The SMILES string of the molecule is O=C(O)/C=C/c1ccc(-c2c(C(=O)C3CCCC3)sc3cc(O)ccc23)cc1. The number of aromatic hydroxyl groups is 1. The average Bonchev–Trinajstić information content (AvgIpc) is 3.34. The Morgan fingerprint density at radius 2 is 1.75 bits per heavy atom. The van der Waals surface area contributed by atoms with Gasteiger partial charge in [-0.1, -0.05) is 37.1 Å². The number of hydrogen-bond acceptors (Lipinski definition) is 4. The summed E-state index contributed by atoms with van der Waals surface area (Å²) in [6.45, 7) is 0. The van der Waals surface area contributed by atoms with Crippen molar-refractivity contribution in [2.45, 2.75) is 25.7 Å². The molecule has 0 spiro atoms. The minimum atomic E-state index is -0.989. The Kier molecular flexibility index (Phi) is 5.01. The summed E-state index contributed by atoms with van der Waals surface area (Å²) in [5, 5.41) is 19.6. The fourth-order valence-corrected chi connectivity index (χ4v) is 5.12. The highest BCUT2D eigenvalue weighted by Crippen LogP contribution is 2.43. The van der Waals surface area contributed by atoms with Crippen LogP contribution in [0.4, 0.5) is 0 Å². The van der Waals surface area contributed by atoms with Crippen LogP contribution in [0.3, 0.4) is 0 Å². The Balaban J connectivity index is 1.81. The van der Waals surface area contributed by atoms with Gasteiger partial charge in [-0.2, -0.15) is 0 Å². The molecule has 4 nitrogen and oxygen atoms in total. The molecule has 2 aromatic carbocycles. The van der Waals surface area contributed by atoms with Gasteiger partial charge in [-0.3, -0.25) is 4.79 Å². The summed E-state index contributed by atoms with van der Waals surface area (Å²) in [5.41, 5.74) is 2.61. The lowest BCUT2D eigenvalue weighted by Gasteiger charge is -2.09. The van der Waals surface area contributed by atoms with E-state index in [4.69, 9.17) is 5.11 Å². The highest BCUT2D eigenvalue weighted by atomic mass is 32.1. The second kappa shape index (κ2) is 7.60. The number of carbonyl (C=O) groups is 2. The number of aliphatic carboxylic acids is 1. The van der Waals surface area contributed by atoms with Gasteiger partial charge in [0, 0.05) is 27.6 Å². The monoisotopic (exact) mass is 392 g/mol. The lowest BCUT2D eigenvalue weighted by molar-refractivity contribution is -0.131. The van der Waals surface area contributed by atoms with E-state index in [9.17, 15) is 14.7 Å². The van der Waals surface area contributed by atoms with Crippen molar-refractivity contribution >= 4 is 39.3 Å². The minimum Gasteiger partial charge on any atom is -0.508 e. The van der Waals surface area contributed by atoms with Gasteiger partial charge in [0.05, 0.1) is 4.88 Å². The minimum absolute atomic E-state index is 0.0817. The first kappa shape index (κ1) is 18.4. The first-order chi connectivity index (χ1) is 13.5. The van der Waals surface area contributed by atoms with Crippen LogP contribution in [0.1, 0.15) is 40.9 Å². The molecule has 0 radical (unpaired) electrons. The Morgan fingerprint density at radius 1 is 1.04 bits per heavy atom. The van der Waals surface area contributed by atoms with E-state index in [1.807, 2.05) is 30.3 Å². The van der Waals surface area contributed by atoms with Gasteiger partial charge in [0.2, 0.25) is 0 Å². The molecule has 5 heteroatoms. The molecule has 0 unspecified atom stereocenters. The molecule has 0 atom stereocenters. The molecule has 3 aromatic rings. The van der Waals surface area contributed by atoms with Gasteiger partial charge in [-0.15, -0.1) is 11.3 Å². The van der Waals surface area contributed by atoms with Crippen molar-refractivity contribution in [1.29, 1.82) is 0 Å². The lowest BCUT2D eigenvalue weighted by Crippen LogP contribution is -2.10. The molecule has 1 aliphatic rings. The third-order valence-corrected chi connectivity index (χ3v) is 6.41. The van der Waals surface area contributed by atoms with Crippen LogP contribution in [0.25, 0.3) is 27.3 Å². The molecule has 0 saturated heterocycles. The number of phenols is 1. The van der Waals surface area contributed by atoms with Gasteiger partial charge in [0.25, 0.3) is 0 Å². The predicted octanol–water partition coefficient (Wildman–Crippen LogP) is 5.74. The van der Waals surface area contributed by atoms with E-state index in [0.29, 0.717) is 0 Å². The summed E-state index contributed by atoms with van der Waals surface area (Å²) < 4.78 is 0.895. The molecule has 1 fully saturated rings. The Labute approximate surface area is 166 Å². The Hall–Kier alpha value is -2.92. The number of hydrogen-bond donors (Lipinski definition) is 2. The van der Waals surface area contributed by atoms with E-state index in [2.05, 4.69) is 0 Å². The molecule has 1 saturated carbocycles. The number of rotatable bonds is 5. The van der Waals surface area contributed by atoms with E-state index in [-0.39, 0.29) is 17.5 Å². The Bertz CT molecular complexity index is 1070. The molecular formula is C23H20O4S. The molecule has 1 aromatic heterocycles. The summed E-state index contributed by atoms with van der Waals surface area (Å²) in [5.74, 6) is -0.521. The molecule has 1 aliphatic carbocycles. The highest BCUT2D eigenvalue weighted by Gasteiger charge is 2.28. The van der Waals surface area contributed by atoms with Crippen molar-refractivity contribution in [3.63, 3.8) is 0 Å². The summed E-state index contributed by atoms with van der Waals surface area (Å²) in [6, 6.07) is 12.7. The fraction of sp³-hybridized carbons (Fsp3) is 0.217. The molecule has 4 rings (SSSR count). The van der Waals surface area contributed by atoms with Crippen molar-refractivity contribution in [1.82, 2.24) is 0 Å². The summed E-state index contributed by atoms with van der Waals surface area (Å²) >= 11 is 1.44. The topological polar surface area (TPSA) is 74.6 Å². The van der Waals surface area contributed by atoms with E-state index < -0.39 is 5.97 Å². The maximum Gasteiger partial charge on any atom is 0.328 e. The van der Waals surface area contributed by atoms with Crippen LogP contribution in [0.15, 0.2) is 48.5 Å². The second-order valence-electron chi connectivity index (χ2n) is 7.13. The van der Waals surface area contributed by atoms with Crippen LogP contribution in [0.2, 0.25) is 0 Å². The van der Waals surface area contributed by atoms with Crippen molar-refractivity contribution < 1.29 is 19.8 Å². The average molecular weight is 392 g/mol. The van der Waals surface area contributed by atoms with Gasteiger partial charge in [-0.25, -0.2) is 4.79 Å². The lowest BCUT2D eigenvalue weighted by atomic mass is 9.94. The van der Waals surface area contributed by atoms with Gasteiger partial charge >= 0.3 is 5.97 Å². The van der Waals surface area contributed by atoms with Crippen LogP contribution >= 0.6 is 11.3 Å². The molecule has 0 bridgehead atoms. The zero-order valence-electron chi connectivity index (χ0n) is 15.2. The number of ketones is 1. The van der Waals surface area contributed by atoms with Crippen molar-refractivity contribution in [2.24, 2.45) is 5.92 Å². The molecule has 142 valence electrons. The van der Waals surface area contributed by atoms with Crippen LogP contribution < -0.4 is 0 Å². The molecule has 2 N–H and O–H groups in total. The zero-order valence-corrected chi connectivity index (χ0v) is 16.0. The van der Waals surface area contributed by atoms with Gasteiger partial charge < -0.3 is 10.2 Å². The molecule has 1 heterocycles. The van der Waals surface area contributed by atoms with Crippen LogP contribution in [-0.4, -0.2) is 22.0 Å². The normalized spacial score (nSPS) is 14.9. The summed E-state index contributed by atoms with van der Waals surface area (Å²) in [4.78, 5) is 24.7. The number of carboxylic acids is 1. The van der Waals surface area contributed by atoms with E-state index in [1.54, 1.807) is 18.2 Å². The maximum absolute atomic E-state index is 13.2. The molecule has 0 amide bonds. The van der Waals surface area contributed by atoms with Gasteiger partial charge in [-0.05, 0) is 48.2 Å². The third kappa shape index (κ3) is 3.58. The summed E-state index contributed by atoms with van der Waals surface area (Å²) in [7, 11) is 0. The van der Waals surface area contributed by atoms with E-state index in [0.717, 1.165) is 63.4 Å². The maximum atomic E-state index is 13.2. The first-order valence-corrected chi connectivity index (χ1v) is 10.2. The largest absolute Gasteiger partial charge is 0.508 e.